The number of hydrogen-bond donors (Lipinski definition) is 0. The molecule has 0 spiro atoms. The third kappa shape index (κ3) is 3.05. The zero-order valence-corrected chi connectivity index (χ0v) is 12.6. The summed E-state index contributed by atoms with van der Waals surface area (Å²) in [6, 6.07) is 6.39. The van der Waals surface area contributed by atoms with Gasteiger partial charge in [-0.25, -0.2) is 9.78 Å². The van der Waals surface area contributed by atoms with Gasteiger partial charge in [0.1, 0.15) is 23.4 Å². The lowest BCUT2D eigenvalue weighted by Gasteiger charge is -1.98. The molecule has 0 aromatic carbocycles. The zero-order valence-electron chi connectivity index (χ0n) is 10.9. The van der Waals surface area contributed by atoms with Crippen LogP contribution in [-0.2, 0) is 11.3 Å². The minimum atomic E-state index is -0.626. The number of thiophene rings is 2. The van der Waals surface area contributed by atoms with Crippen molar-refractivity contribution in [2.45, 2.75) is 6.61 Å². The molecule has 0 fully saturated rings. The Labute approximate surface area is 131 Å². The molecule has 0 bridgehead atoms. The van der Waals surface area contributed by atoms with Crippen LogP contribution in [0.4, 0.5) is 5.00 Å². The molecule has 0 aliphatic heterocycles. The average Bonchev–Trinajstić information content (AvgIpc) is 3.23. The number of ether oxygens (including phenoxy) is 1. The Balaban J connectivity index is 1.62. The van der Waals surface area contributed by atoms with Crippen LogP contribution in [0.25, 0.3) is 10.8 Å². The van der Waals surface area contributed by atoms with Crippen LogP contribution >= 0.6 is 22.7 Å². The molecular formula is C13H8N2O5S2. The highest BCUT2D eigenvalue weighted by Crippen LogP contribution is 2.26. The van der Waals surface area contributed by atoms with E-state index in [4.69, 9.17) is 9.15 Å². The highest BCUT2D eigenvalue weighted by Gasteiger charge is 2.17. The van der Waals surface area contributed by atoms with Crippen LogP contribution in [0.1, 0.15) is 15.4 Å². The van der Waals surface area contributed by atoms with Crippen LogP contribution in [0.3, 0.4) is 0 Å². The number of nitrogens with zero attached hydrogens (tertiary/aromatic N) is 2. The van der Waals surface area contributed by atoms with Crippen molar-refractivity contribution in [3.63, 3.8) is 0 Å². The van der Waals surface area contributed by atoms with E-state index in [1.165, 1.54) is 29.7 Å². The number of nitro groups is 1. The molecular weight excluding hydrogens is 328 g/mol. The van der Waals surface area contributed by atoms with Gasteiger partial charge >= 0.3 is 11.0 Å². The predicted molar refractivity (Wildman–Crippen MR) is 79.9 cm³/mol. The van der Waals surface area contributed by atoms with Gasteiger partial charge in [0.2, 0.25) is 5.89 Å². The van der Waals surface area contributed by atoms with Gasteiger partial charge in [-0.05, 0) is 17.5 Å². The third-order valence-corrected chi connectivity index (χ3v) is 4.48. The number of carbonyl (C=O) groups is 1. The normalized spacial score (nSPS) is 10.5. The Morgan fingerprint density at radius 1 is 1.41 bits per heavy atom. The second-order valence-electron chi connectivity index (χ2n) is 4.09. The smallest absolute Gasteiger partial charge is 0.348 e. The number of carbonyl (C=O) groups excluding carboxylic acids is 1. The van der Waals surface area contributed by atoms with Gasteiger partial charge in [-0.1, -0.05) is 17.4 Å². The summed E-state index contributed by atoms with van der Waals surface area (Å²) in [7, 11) is 0. The van der Waals surface area contributed by atoms with E-state index in [9.17, 15) is 14.9 Å². The first-order valence-electron chi connectivity index (χ1n) is 6.03. The second kappa shape index (κ2) is 6.08. The minimum Gasteiger partial charge on any atom is -0.455 e. The van der Waals surface area contributed by atoms with Crippen molar-refractivity contribution in [3.8, 4) is 10.8 Å². The predicted octanol–water partition coefficient (Wildman–Crippen LogP) is 3.73. The number of oxazole rings is 1. The zero-order chi connectivity index (χ0) is 15.5. The summed E-state index contributed by atoms with van der Waals surface area (Å²) in [5.74, 6) is -0.161. The van der Waals surface area contributed by atoms with Crippen molar-refractivity contribution in [3.05, 3.63) is 56.6 Å². The molecule has 0 aliphatic rings. The van der Waals surface area contributed by atoms with Crippen molar-refractivity contribution in [2.75, 3.05) is 0 Å². The molecule has 3 aromatic heterocycles. The van der Waals surface area contributed by atoms with Crippen LogP contribution in [0.5, 0.6) is 0 Å². The summed E-state index contributed by atoms with van der Waals surface area (Å²) in [6.45, 7) is -0.0561. The molecule has 3 heterocycles. The van der Waals surface area contributed by atoms with Crippen LogP contribution < -0.4 is 0 Å². The largest absolute Gasteiger partial charge is 0.455 e. The lowest BCUT2D eigenvalue weighted by molar-refractivity contribution is -0.380. The number of hydrogen-bond acceptors (Lipinski definition) is 8. The first-order valence-corrected chi connectivity index (χ1v) is 7.73. The van der Waals surface area contributed by atoms with Gasteiger partial charge in [-0.3, -0.25) is 10.1 Å². The summed E-state index contributed by atoms with van der Waals surface area (Å²) in [6.07, 6.45) is 1.42. The van der Waals surface area contributed by atoms with E-state index in [2.05, 4.69) is 4.98 Å². The fraction of sp³-hybridized carbons (Fsp3) is 0.0769. The maximum absolute atomic E-state index is 11.8. The van der Waals surface area contributed by atoms with Gasteiger partial charge in [-0.15, -0.1) is 11.3 Å². The summed E-state index contributed by atoms with van der Waals surface area (Å²) in [5.41, 5.74) is 0.475. The van der Waals surface area contributed by atoms with E-state index in [0.717, 1.165) is 16.2 Å². The summed E-state index contributed by atoms with van der Waals surface area (Å²) in [5, 5.41) is 12.4. The molecule has 0 atom stereocenters. The van der Waals surface area contributed by atoms with Crippen molar-refractivity contribution in [1.29, 1.82) is 0 Å². The van der Waals surface area contributed by atoms with Crippen molar-refractivity contribution in [2.24, 2.45) is 0 Å². The second-order valence-corrected chi connectivity index (χ2v) is 6.10. The molecule has 0 amide bonds. The van der Waals surface area contributed by atoms with Crippen molar-refractivity contribution < 1.29 is 18.9 Å². The van der Waals surface area contributed by atoms with Crippen LogP contribution in [0.15, 0.2) is 40.3 Å². The Bertz CT molecular complexity index is 806. The van der Waals surface area contributed by atoms with E-state index >= 15 is 0 Å². The van der Waals surface area contributed by atoms with Crippen molar-refractivity contribution in [1.82, 2.24) is 4.98 Å². The summed E-state index contributed by atoms with van der Waals surface area (Å²) in [4.78, 5) is 27.1. The van der Waals surface area contributed by atoms with Crippen molar-refractivity contribution >= 4 is 33.6 Å². The average molecular weight is 336 g/mol. The number of rotatable bonds is 5. The third-order valence-electron chi connectivity index (χ3n) is 2.61. The Morgan fingerprint density at radius 2 is 2.27 bits per heavy atom. The summed E-state index contributed by atoms with van der Waals surface area (Å²) < 4.78 is 10.4. The Hall–Kier alpha value is -2.52. The standard InChI is InChI=1S/C13H8N2O5S2/c16-13(10-3-4-11(22-10)15(17)18)20-7-8-6-19-12(14-8)9-2-1-5-21-9/h1-6H,7H2. The topological polar surface area (TPSA) is 95.5 Å². The first kappa shape index (κ1) is 14.4. The maximum atomic E-state index is 11.8. The molecule has 3 aromatic rings. The Morgan fingerprint density at radius 3 is 2.95 bits per heavy atom. The van der Waals surface area contributed by atoms with Gasteiger partial charge in [0.15, 0.2) is 0 Å². The molecule has 3 rings (SSSR count). The first-order chi connectivity index (χ1) is 10.6. The molecule has 0 N–H and O–H groups in total. The van der Waals surface area contributed by atoms with Crippen LogP contribution in [0, 0.1) is 10.1 Å². The fourth-order valence-corrected chi connectivity index (χ4v) is 3.00. The van der Waals surface area contributed by atoms with E-state index in [0.29, 0.717) is 11.6 Å². The highest BCUT2D eigenvalue weighted by molar-refractivity contribution is 7.17. The van der Waals surface area contributed by atoms with Crippen LogP contribution in [0.2, 0.25) is 0 Å². The van der Waals surface area contributed by atoms with Gasteiger partial charge in [-0.2, -0.15) is 0 Å². The Kier molecular flexibility index (Phi) is 3.98. The maximum Gasteiger partial charge on any atom is 0.348 e. The molecule has 22 heavy (non-hydrogen) atoms. The fourth-order valence-electron chi connectivity index (χ4n) is 1.63. The number of aromatic nitrogens is 1. The monoisotopic (exact) mass is 336 g/mol. The molecule has 0 unspecified atom stereocenters. The minimum absolute atomic E-state index is 0.0561. The highest BCUT2D eigenvalue weighted by atomic mass is 32.1. The van der Waals surface area contributed by atoms with Crippen LogP contribution in [-0.4, -0.2) is 15.9 Å². The molecule has 0 aliphatic carbocycles. The molecule has 0 radical (unpaired) electrons. The quantitative estimate of drug-likeness (QED) is 0.400. The molecule has 7 nitrogen and oxygen atoms in total. The SMILES string of the molecule is O=C(OCc1coc(-c2cccs2)n1)c1ccc([N+](=O)[O-])s1. The lowest BCUT2D eigenvalue weighted by atomic mass is 10.4. The molecule has 0 saturated carbocycles. The molecule has 112 valence electrons. The van der Waals surface area contributed by atoms with Gasteiger partial charge in [0.25, 0.3) is 0 Å². The molecule has 9 heteroatoms. The van der Waals surface area contributed by atoms with E-state index < -0.39 is 10.9 Å². The number of esters is 1. The molecule has 0 saturated heterocycles. The lowest BCUT2D eigenvalue weighted by Crippen LogP contribution is -2.03. The van der Waals surface area contributed by atoms with Gasteiger partial charge in [0, 0.05) is 6.07 Å². The van der Waals surface area contributed by atoms with Gasteiger partial charge < -0.3 is 9.15 Å². The van der Waals surface area contributed by atoms with Gasteiger partial charge in [0.05, 0.1) is 9.80 Å². The van der Waals surface area contributed by atoms with E-state index in [-0.39, 0.29) is 16.5 Å². The van der Waals surface area contributed by atoms with E-state index in [1.807, 2.05) is 17.5 Å². The summed E-state index contributed by atoms with van der Waals surface area (Å²) >= 11 is 2.26. The van der Waals surface area contributed by atoms with E-state index in [1.54, 1.807) is 0 Å².